The van der Waals surface area contributed by atoms with Gasteiger partial charge in [-0.1, -0.05) is 0 Å². The van der Waals surface area contributed by atoms with Gasteiger partial charge in [0.05, 0.1) is 6.20 Å². The standard InChI is InChI=1S/C19H33N3O4S/c1-18(2,3)25-16(23)15(22-17(24)26-19(4,5)6)9-11-27-10-7-8-14-12-20-21-13-14/h12-13,15H,7-11H2,1-6H3,(H,20,21)(H,22,24)/t15-/m0/s1. The fraction of sp³-hybridized carbons (Fsp3) is 0.737. The van der Waals surface area contributed by atoms with E-state index in [4.69, 9.17) is 9.47 Å². The maximum absolute atomic E-state index is 12.4. The summed E-state index contributed by atoms with van der Waals surface area (Å²) < 4.78 is 10.7. The quantitative estimate of drug-likeness (QED) is 0.486. The normalized spacial score (nSPS) is 13.1. The Hall–Kier alpha value is -1.70. The van der Waals surface area contributed by atoms with Crippen molar-refractivity contribution in [1.82, 2.24) is 15.5 Å². The zero-order valence-corrected chi connectivity index (χ0v) is 18.1. The van der Waals surface area contributed by atoms with E-state index in [1.807, 2.05) is 12.4 Å². The van der Waals surface area contributed by atoms with Crippen LogP contribution in [0, 0.1) is 0 Å². The number of nitrogens with one attached hydrogen (secondary N) is 2. The lowest BCUT2D eigenvalue weighted by Crippen LogP contribution is -2.46. The van der Waals surface area contributed by atoms with Crippen LogP contribution in [-0.2, 0) is 20.7 Å². The molecule has 7 nitrogen and oxygen atoms in total. The third kappa shape index (κ3) is 11.6. The summed E-state index contributed by atoms with van der Waals surface area (Å²) in [5.41, 5.74) is -0.0404. The molecule has 0 fully saturated rings. The van der Waals surface area contributed by atoms with Crippen molar-refractivity contribution < 1.29 is 19.1 Å². The Morgan fingerprint density at radius 2 is 1.81 bits per heavy atom. The van der Waals surface area contributed by atoms with Crippen LogP contribution in [0.1, 0.15) is 59.9 Å². The second-order valence-corrected chi connectivity index (χ2v) is 9.57. The Kier molecular flexibility index (Phi) is 9.15. The molecule has 27 heavy (non-hydrogen) atoms. The molecule has 0 aliphatic heterocycles. The van der Waals surface area contributed by atoms with Crippen LogP contribution in [0.25, 0.3) is 0 Å². The topological polar surface area (TPSA) is 93.3 Å². The van der Waals surface area contributed by atoms with Crippen LogP contribution in [0.4, 0.5) is 4.79 Å². The lowest BCUT2D eigenvalue weighted by Gasteiger charge is -2.26. The smallest absolute Gasteiger partial charge is 0.408 e. The third-order valence-corrected chi connectivity index (χ3v) is 4.34. The summed E-state index contributed by atoms with van der Waals surface area (Å²) in [7, 11) is 0. The molecular formula is C19H33N3O4S. The van der Waals surface area contributed by atoms with Crippen molar-refractivity contribution in [3.8, 4) is 0 Å². The Labute approximate surface area is 166 Å². The molecule has 1 aromatic rings. The van der Waals surface area contributed by atoms with Crippen LogP contribution >= 0.6 is 11.8 Å². The maximum atomic E-state index is 12.4. The number of esters is 1. The van der Waals surface area contributed by atoms with E-state index in [9.17, 15) is 9.59 Å². The molecule has 0 aliphatic rings. The van der Waals surface area contributed by atoms with E-state index < -0.39 is 29.3 Å². The maximum Gasteiger partial charge on any atom is 0.408 e. The number of hydrogen-bond acceptors (Lipinski definition) is 6. The van der Waals surface area contributed by atoms with Gasteiger partial charge in [-0.25, -0.2) is 9.59 Å². The van der Waals surface area contributed by atoms with Gasteiger partial charge in [0.15, 0.2) is 0 Å². The minimum absolute atomic E-state index is 0.438. The molecule has 1 heterocycles. The third-order valence-electron chi connectivity index (χ3n) is 3.24. The van der Waals surface area contributed by atoms with Crippen molar-refractivity contribution in [2.75, 3.05) is 11.5 Å². The second kappa shape index (κ2) is 10.6. The molecule has 0 aromatic carbocycles. The van der Waals surface area contributed by atoms with E-state index in [0.717, 1.165) is 24.3 Å². The number of ether oxygens (including phenoxy) is 2. The molecule has 0 unspecified atom stereocenters. The average molecular weight is 400 g/mol. The Morgan fingerprint density at radius 1 is 1.15 bits per heavy atom. The number of aryl methyl sites for hydroxylation is 1. The number of thioether (sulfide) groups is 1. The van der Waals surface area contributed by atoms with Crippen molar-refractivity contribution in [3.05, 3.63) is 18.0 Å². The molecule has 0 spiro atoms. The summed E-state index contributed by atoms with van der Waals surface area (Å²) in [5, 5.41) is 9.38. The van der Waals surface area contributed by atoms with Gasteiger partial charge < -0.3 is 14.8 Å². The van der Waals surface area contributed by atoms with Crippen LogP contribution in [0.15, 0.2) is 12.4 Å². The van der Waals surface area contributed by atoms with Crippen LogP contribution in [0.2, 0.25) is 0 Å². The Balaban J connectivity index is 2.44. The van der Waals surface area contributed by atoms with Gasteiger partial charge in [-0.3, -0.25) is 5.10 Å². The fourth-order valence-electron chi connectivity index (χ4n) is 2.17. The van der Waals surface area contributed by atoms with Gasteiger partial charge in [0.1, 0.15) is 17.2 Å². The van der Waals surface area contributed by atoms with Gasteiger partial charge in [-0.15, -0.1) is 0 Å². The lowest BCUT2D eigenvalue weighted by atomic mass is 10.1. The zero-order valence-electron chi connectivity index (χ0n) is 17.3. The fourth-order valence-corrected chi connectivity index (χ4v) is 3.12. The summed E-state index contributed by atoms with van der Waals surface area (Å²) in [4.78, 5) is 24.5. The number of rotatable bonds is 9. The zero-order chi connectivity index (χ0) is 20.5. The first-order valence-corrected chi connectivity index (χ1v) is 10.4. The van der Waals surface area contributed by atoms with Gasteiger partial charge in [-0.2, -0.15) is 16.9 Å². The molecule has 8 heteroatoms. The number of carbonyl (C=O) groups is 2. The molecule has 1 amide bonds. The largest absolute Gasteiger partial charge is 0.458 e. The van der Waals surface area contributed by atoms with Crippen LogP contribution in [0.5, 0.6) is 0 Å². The number of carbonyl (C=O) groups excluding carboxylic acids is 2. The molecule has 0 bridgehead atoms. The molecule has 1 atom stereocenters. The molecule has 1 rings (SSSR count). The molecular weight excluding hydrogens is 366 g/mol. The van der Waals surface area contributed by atoms with Crippen molar-refractivity contribution in [3.63, 3.8) is 0 Å². The molecule has 0 radical (unpaired) electrons. The first kappa shape index (κ1) is 23.3. The minimum atomic E-state index is -0.722. The van der Waals surface area contributed by atoms with E-state index >= 15 is 0 Å². The highest BCUT2D eigenvalue weighted by Gasteiger charge is 2.28. The number of nitrogens with zero attached hydrogens (tertiary/aromatic N) is 1. The lowest BCUT2D eigenvalue weighted by molar-refractivity contribution is -0.157. The summed E-state index contributed by atoms with van der Waals surface area (Å²) in [6.07, 6.45) is 5.60. The number of aromatic amines is 1. The van der Waals surface area contributed by atoms with Crippen molar-refractivity contribution in [2.45, 2.75) is 78.0 Å². The summed E-state index contributed by atoms with van der Waals surface area (Å²) >= 11 is 1.75. The molecule has 0 aliphatic carbocycles. The van der Waals surface area contributed by atoms with Crippen molar-refractivity contribution >= 4 is 23.8 Å². The van der Waals surface area contributed by atoms with E-state index in [-0.39, 0.29) is 0 Å². The Morgan fingerprint density at radius 3 is 2.37 bits per heavy atom. The number of aromatic nitrogens is 2. The highest BCUT2D eigenvalue weighted by Crippen LogP contribution is 2.14. The summed E-state index contributed by atoms with van der Waals surface area (Å²) in [6.45, 7) is 10.8. The number of alkyl carbamates (subject to hydrolysis) is 1. The first-order valence-electron chi connectivity index (χ1n) is 9.24. The van der Waals surface area contributed by atoms with E-state index in [1.165, 1.54) is 5.56 Å². The minimum Gasteiger partial charge on any atom is -0.458 e. The number of amides is 1. The van der Waals surface area contributed by atoms with E-state index in [0.29, 0.717) is 6.42 Å². The van der Waals surface area contributed by atoms with E-state index in [2.05, 4.69) is 15.5 Å². The number of H-pyrrole nitrogens is 1. The van der Waals surface area contributed by atoms with Gasteiger partial charge in [0, 0.05) is 6.20 Å². The summed E-state index contributed by atoms with van der Waals surface area (Å²) in [5.74, 6) is 1.27. The van der Waals surface area contributed by atoms with Crippen molar-refractivity contribution in [1.29, 1.82) is 0 Å². The summed E-state index contributed by atoms with van der Waals surface area (Å²) in [6, 6.07) is -0.722. The second-order valence-electron chi connectivity index (χ2n) is 8.34. The molecule has 1 aromatic heterocycles. The monoisotopic (exact) mass is 399 g/mol. The van der Waals surface area contributed by atoms with Crippen LogP contribution in [-0.4, -0.2) is 51.0 Å². The van der Waals surface area contributed by atoms with Gasteiger partial charge in [0.2, 0.25) is 0 Å². The molecule has 0 saturated carbocycles. The Bertz CT molecular complexity index is 577. The predicted octanol–water partition coefficient (Wildman–Crippen LogP) is 3.70. The molecule has 2 N–H and O–H groups in total. The molecule has 0 saturated heterocycles. The van der Waals surface area contributed by atoms with Crippen LogP contribution < -0.4 is 5.32 Å². The SMILES string of the molecule is CC(C)(C)OC(=O)N[C@@H](CCSCCCc1cn[nH]c1)C(=O)OC(C)(C)C. The molecule has 154 valence electrons. The average Bonchev–Trinajstić information content (AvgIpc) is 2.99. The number of hydrogen-bond donors (Lipinski definition) is 2. The van der Waals surface area contributed by atoms with E-state index in [1.54, 1.807) is 53.3 Å². The first-order chi connectivity index (χ1) is 12.5. The van der Waals surface area contributed by atoms with Gasteiger partial charge in [-0.05, 0) is 77.9 Å². The van der Waals surface area contributed by atoms with Crippen LogP contribution in [0.3, 0.4) is 0 Å². The predicted molar refractivity (Wildman–Crippen MR) is 108 cm³/mol. The van der Waals surface area contributed by atoms with Gasteiger partial charge in [0.25, 0.3) is 0 Å². The highest BCUT2D eigenvalue weighted by atomic mass is 32.2. The van der Waals surface area contributed by atoms with Crippen molar-refractivity contribution in [2.24, 2.45) is 0 Å². The highest BCUT2D eigenvalue weighted by molar-refractivity contribution is 7.99. The van der Waals surface area contributed by atoms with Gasteiger partial charge >= 0.3 is 12.1 Å².